The predicted molar refractivity (Wildman–Crippen MR) is 89.3 cm³/mol. The Bertz CT molecular complexity index is 497. The molecular weight excluding hydrogens is 280 g/mol. The van der Waals surface area contributed by atoms with Crippen molar-refractivity contribution < 1.29 is 4.74 Å². The summed E-state index contributed by atoms with van der Waals surface area (Å²) < 4.78 is 6.49. The highest BCUT2D eigenvalue weighted by Gasteiger charge is 2.56. The Labute approximate surface area is 134 Å². The van der Waals surface area contributed by atoms with Gasteiger partial charge in [-0.1, -0.05) is 58.2 Å². The van der Waals surface area contributed by atoms with Crippen molar-refractivity contribution in [1.82, 2.24) is 0 Å². The van der Waals surface area contributed by atoms with Crippen molar-refractivity contribution in [2.45, 2.75) is 76.2 Å². The fourth-order valence-electron chi connectivity index (χ4n) is 4.05. The van der Waals surface area contributed by atoms with Crippen LogP contribution in [-0.4, -0.2) is 11.5 Å². The molecule has 1 aromatic carbocycles. The first-order valence-corrected chi connectivity index (χ1v) is 8.77. The van der Waals surface area contributed by atoms with E-state index in [1.807, 2.05) is 0 Å². The van der Waals surface area contributed by atoms with Gasteiger partial charge in [0.2, 0.25) is 0 Å². The Hall–Kier alpha value is -0.690. The van der Waals surface area contributed by atoms with Crippen LogP contribution in [-0.2, 0) is 5.41 Å². The molecule has 0 N–H and O–H groups in total. The Balaban J connectivity index is 1.81. The summed E-state index contributed by atoms with van der Waals surface area (Å²) in [6, 6.07) is 8.50. The van der Waals surface area contributed by atoms with E-state index in [0.29, 0.717) is 11.5 Å². The molecule has 3 rings (SSSR count). The smallest absolute Gasteiger partial charge is 0.123 e. The molecule has 116 valence electrons. The summed E-state index contributed by atoms with van der Waals surface area (Å²) in [5.41, 5.74) is 1.65. The number of benzene rings is 1. The summed E-state index contributed by atoms with van der Waals surface area (Å²) in [6.45, 7) is 6.74. The van der Waals surface area contributed by atoms with Gasteiger partial charge in [-0.3, -0.25) is 0 Å². The molecule has 0 bridgehead atoms. The first-order chi connectivity index (χ1) is 9.93. The lowest BCUT2D eigenvalue weighted by Crippen LogP contribution is -2.58. The van der Waals surface area contributed by atoms with E-state index in [1.165, 1.54) is 37.7 Å². The van der Waals surface area contributed by atoms with Gasteiger partial charge >= 0.3 is 0 Å². The first-order valence-electron chi connectivity index (χ1n) is 8.34. The molecule has 21 heavy (non-hydrogen) atoms. The summed E-state index contributed by atoms with van der Waals surface area (Å²) in [7, 11) is 0. The van der Waals surface area contributed by atoms with Crippen LogP contribution in [0.1, 0.15) is 64.9 Å². The van der Waals surface area contributed by atoms with Gasteiger partial charge in [-0.25, -0.2) is 0 Å². The number of para-hydroxylation sites is 1. The molecule has 0 radical (unpaired) electrons. The third-order valence-electron chi connectivity index (χ3n) is 5.43. The molecule has 1 nitrogen and oxygen atoms in total. The normalized spacial score (nSPS) is 28.2. The first kappa shape index (κ1) is 15.2. The van der Waals surface area contributed by atoms with Gasteiger partial charge in [0, 0.05) is 17.2 Å². The topological polar surface area (TPSA) is 9.23 Å². The van der Waals surface area contributed by atoms with Gasteiger partial charge in [0.1, 0.15) is 11.9 Å². The monoisotopic (exact) mass is 306 g/mol. The highest BCUT2D eigenvalue weighted by atomic mass is 35.5. The summed E-state index contributed by atoms with van der Waals surface area (Å²) in [5, 5.41) is 0.310. The maximum absolute atomic E-state index is 6.60. The zero-order chi connectivity index (χ0) is 15.1. The molecule has 2 unspecified atom stereocenters. The van der Waals surface area contributed by atoms with Crippen molar-refractivity contribution in [3.8, 4) is 5.75 Å². The molecular formula is C19H27ClO. The van der Waals surface area contributed by atoms with Gasteiger partial charge in [-0.15, -0.1) is 11.6 Å². The maximum Gasteiger partial charge on any atom is 0.123 e. The number of alkyl halides is 1. The van der Waals surface area contributed by atoms with E-state index in [9.17, 15) is 0 Å². The predicted octanol–water partition coefficient (Wildman–Crippen LogP) is 5.69. The average molecular weight is 307 g/mol. The van der Waals surface area contributed by atoms with E-state index in [4.69, 9.17) is 16.3 Å². The second-order valence-corrected chi connectivity index (χ2v) is 8.38. The molecule has 2 heteroatoms. The third-order valence-corrected chi connectivity index (χ3v) is 6.05. The van der Waals surface area contributed by atoms with E-state index in [0.717, 1.165) is 12.2 Å². The second kappa shape index (κ2) is 5.50. The van der Waals surface area contributed by atoms with Gasteiger partial charge in [0.15, 0.2) is 0 Å². The second-order valence-electron chi connectivity index (χ2n) is 7.85. The van der Waals surface area contributed by atoms with E-state index < -0.39 is 0 Å². The van der Waals surface area contributed by atoms with E-state index in [1.54, 1.807) is 0 Å². The van der Waals surface area contributed by atoms with Crippen molar-refractivity contribution >= 4 is 11.6 Å². The Morgan fingerprint density at radius 1 is 1.10 bits per heavy atom. The summed E-state index contributed by atoms with van der Waals surface area (Å²) >= 11 is 6.60. The number of halogens is 1. The largest absolute Gasteiger partial charge is 0.489 e. The molecule has 0 aliphatic heterocycles. The molecule has 0 aromatic heterocycles. The molecule has 2 aliphatic carbocycles. The molecule has 2 atom stereocenters. The van der Waals surface area contributed by atoms with Gasteiger partial charge in [0.25, 0.3) is 0 Å². The van der Waals surface area contributed by atoms with E-state index in [-0.39, 0.29) is 10.8 Å². The number of hydrogen-bond donors (Lipinski definition) is 0. The minimum atomic E-state index is 0.112. The summed E-state index contributed by atoms with van der Waals surface area (Å²) in [6.07, 6.45) is 7.77. The zero-order valence-corrected chi connectivity index (χ0v) is 14.2. The Morgan fingerprint density at radius 3 is 2.38 bits per heavy atom. The molecule has 2 aliphatic rings. The maximum atomic E-state index is 6.60. The van der Waals surface area contributed by atoms with Crippen LogP contribution >= 0.6 is 11.6 Å². The Morgan fingerprint density at radius 2 is 1.76 bits per heavy atom. The lowest BCUT2D eigenvalue weighted by Gasteiger charge is -2.55. The number of rotatable bonds is 2. The van der Waals surface area contributed by atoms with Gasteiger partial charge in [-0.2, -0.15) is 0 Å². The third kappa shape index (κ3) is 2.70. The van der Waals surface area contributed by atoms with Crippen LogP contribution in [0.3, 0.4) is 0 Å². The standard InChI is InChI=1S/C19H27ClO/c1-18(2,3)14-9-5-6-10-15(14)21-17-13-16(20)19(17)11-7-4-8-12-19/h5-6,9-10,16-17H,4,7-8,11-13H2,1-3H3. The van der Waals surface area contributed by atoms with Crippen LogP contribution in [0, 0.1) is 5.41 Å². The van der Waals surface area contributed by atoms with Crippen molar-refractivity contribution in [3.63, 3.8) is 0 Å². The van der Waals surface area contributed by atoms with Crippen molar-refractivity contribution in [1.29, 1.82) is 0 Å². The van der Waals surface area contributed by atoms with Crippen LogP contribution in [0.5, 0.6) is 5.75 Å². The molecule has 2 saturated carbocycles. The highest BCUT2D eigenvalue weighted by molar-refractivity contribution is 6.21. The van der Waals surface area contributed by atoms with Crippen LogP contribution in [0.2, 0.25) is 0 Å². The van der Waals surface area contributed by atoms with Crippen LogP contribution in [0.25, 0.3) is 0 Å². The summed E-state index contributed by atoms with van der Waals surface area (Å²) in [5.74, 6) is 1.06. The molecule has 0 heterocycles. The van der Waals surface area contributed by atoms with Crippen molar-refractivity contribution in [2.75, 3.05) is 0 Å². The summed E-state index contributed by atoms with van der Waals surface area (Å²) in [4.78, 5) is 0. The Kier molecular flexibility index (Phi) is 3.98. The molecule has 0 amide bonds. The molecule has 2 fully saturated rings. The molecule has 1 spiro atoms. The van der Waals surface area contributed by atoms with Gasteiger partial charge < -0.3 is 4.74 Å². The fraction of sp³-hybridized carbons (Fsp3) is 0.684. The molecule has 1 aromatic rings. The van der Waals surface area contributed by atoms with Crippen molar-refractivity contribution in [2.24, 2.45) is 5.41 Å². The quantitative estimate of drug-likeness (QED) is 0.637. The van der Waals surface area contributed by atoms with Gasteiger partial charge in [0.05, 0.1) is 0 Å². The average Bonchev–Trinajstić information content (AvgIpc) is 2.47. The SMILES string of the molecule is CC(C)(C)c1ccccc1OC1CC(Cl)C12CCCCC2. The lowest BCUT2D eigenvalue weighted by molar-refractivity contribution is -0.0657. The van der Waals surface area contributed by atoms with Crippen LogP contribution in [0.15, 0.2) is 24.3 Å². The zero-order valence-electron chi connectivity index (χ0n) is 13.5. The lowest BCUT2D eigenvalue weighted by atomic mass is 9.58. The van der Waals surface area contributed by atoms with Gasteiger partial charge in [-0.05, 0) is 29.9 Å². The number of ether oxygens (including phenoxy) is 1. The fourth-order valence-corrected chi connectivity index (χ4v) is 4.57. The van der Waals surface area contributed by atoms with Crippen LogP contribution < -0.4 is 4.74 Å². The highest BCUT2D eigenvalue weighted by Crippen LogP contribution is 2.56. The number of hydrogen-bond acceptors (Lipinski definition) is 1. The van der Waals surface area contributed by atoms with Crippen LogP contribution in [0.4, 0.5) is 0 Å². The minimum Gasteiger partial charge on any atom is -0.489 e. The minimum absolute atomic E-state index is 0.112. The molecule has 0 saturated heterocycles. The van der Waals surface area contributed by atoms with E-state index in [2.05, 4.69) is 45.0 Å². The van der Waals surface area contributed by atoms with E-state index >= 15 is 0 Å². The van der Waals surface area contributed by atoms with Crippen molar-refractivity contribution in [3.05, 3.63) is 29.8 Å².